The summed E-state index contributed by atoms with van der Waals surface area (Å²) in [6, 6.07) is 3.27. The van der Waals surface area contributed by atoms with Crippen molar-refractivity contribution in [3.8, 4) is 0 Å². The number of hydrogen-bond donors (Lipinski definition) is 3. The second-order valence-corrected chi connectivity index (χ2v) is 5.08. The molecule has 1 aliphatic carbocycles. The Kier molecular flexibility index (Phi) is 5.62. The third-order valence-electron chi connectivity index (χ3n) is 3.56. The molecule has 1 fully saturated rings. The lowest BCUT2D eigenvalue weighted by atomic mass is 9.80. The Bertz CT molecular complexity index is 461. The van der Waals surface area contributed by atoms with Gasteiger partial charge in [0.2, 0.25) is 5.91 Å². The van der Waals surface area contributed by atoms with Gasteiger partial charge in [-0.05, 0) is 25.0 Å². The van der Waals surface area contributed by atoms with Crippen molar-refractivity contribution in [2.24, 2.45) is 5.92 Å². The van der Waals surface area contributed by atoms with Crippen LogP contribution in [0.15, 0.2) is 22.8 Å². The highest BCUT2D eigenvalue weighted by atomic mass is 16.5. The van der Waals surface area contributed by atoms with E-state index in [2.05, 4.69) is 16.0 Å². The minimum atomic E-state index is -0.399. The van der Waals surface area contributed by atoms with E-state index in [1.54, 1.807) is 19.2 Å². The second-order valence-electron chi connectivity index (χ2n) is 5.08. The first-order valence-electron chi connectivity index (χ1n) is 7.01. The molecular formula is C14H21N3O4. The summed E-state index contributed by atoms with van der Waals surface area (Å²) in [5.41, 5.74) is 0. The van der Waals surface area contributed by atoms with Crippen LogP contribution in [0.1, 0.15) is 18.6 Å². The molecule has 0 spiro atoms. The Morgan fingerprint density at radius 1 is 1.38 bits per heavy atom. The molecule has 0 bridgehead atoms. The SMILES string of the molecule is COC[C@H]1CC[C@H]1NC(=O)CNC(=O)NCc1ccco1. The van der Waals surface area contributed by atoms with Crippen molar-refractivity contribution in [1.29, 1.82) is 0 Å². The molecule has 2 atom stereocenters. The van der Waals surface area contributed by atoms with E-state index in [4.69, 9.17) is 9.15 Å². The van der Waals surface area contributed by atoms with E-state index in [-0.39, 0.29) is 18.5 Å². The third-order valence-corrected chi connectivity index (χ3v) is 3.56. The van der Waals surface area contributed by atoms with Crippen LogP contribution in [-0.4, -0.2) is 38.2 Å². The fraction of sp³-hybridized carbons (Fsp3) is 0.571. The molecule has 7 nitrogen and oxygen atoms in total. The van der Waals surface area contributed by atoms with Crippen molar-refractivity contribution in [2.45, 2.75) is 25.4 Å². The number of carbonyl (C=O) groups excluding carboxylic acids is 2. The predicted octanol–water partition coefficient (Wildman–Crippen LogP) is 0.620. The number of furan rings is 1. The van der Waals surface area contributed by atoms with Crippen LogP contribution in [-0.2, 0) is 16.1 Å². The number of ether oxygens (including phenoxy) is 1. The van der Waals surface area contributed by atoms with Gasteiger partial charge in [0.25, 0.3) is 0 Å². The van der Waals surface area contributed by atoms with E-state index in [9.17, 15) is 9.59 Å². The van der Waals surface area contributed by atoms with Crippen molar-refractivity contribution >= 4 is 11.9 Å². The Morgan fingerprint density at radius 3 is 2.86 bits per heavy atom. The van der Waals surface area contributed by atoms with Gasteiger partial charge in [0.05, 0.1) is 26.0 Å². The van der Waals surface area contributed by atoms with Crippen molar-refractivity contribution in [2.75, 3.05) is 20.3 Å². The normalized spacial score (nSPS) is 20.4. The highest BCUT2D eigenvalue weighted by Crippen LogP contribution is 2.27. The number of methoxy groups -OCH3 is 1. The van der Waals surface area contributed by atoms with E-state index in [1.807, 2.05) is 0 Å². The highest BCUT2D eigenvalue weighted by Gasteiger charge is 2.31. The quantitative estimate of drug-likeness (QED) is 0.687. The van der Waals surface area contributed by atoms with E-state index < -0.39 is 6.03 Å². The fourth-order valence-electron chi connectivity index (χ4n) is 2.23. The van der Waals surface area contributed by atoms with E-state index >= 15 is 0 Å². The molecule has 1 saturated carbocycles. The smallest absolute Gasteiger partial charge is 0.315 e. The maximum Gasteiger partial charge on any atom is 0.315 e. The second kappa shape index (κ2) is 7.68. The first-order valence-corrected chi connectivity index (χ1v) is 7.01. The van der Waals surface area contributed by atoms with Crippen LogP contribution < -0.4 is 16.0 Å². The molecule has 1 aromatic heterocycles. The maximum absolute atomic E-state index is 11.7. The fourth-order valence-corrected chi connectivity index (χ4v) is 2.23. The minimum absolute atomic E-state index is 0.0415. The highest BCUT2D eigenvalue weighted by molar-refractivity contribution is 5.84. The molecule has 0 aromatic carbocycles. The van der Waals surface area contributed by atoms with Gasteiger partial charge in [0.1, 0.15) is 5.76 Å². The van der Waals surface area contributed by atoms with Gasteiger partial charge >= 0.3 is 6.03 Å². The molecule has 1 heterocycles. The molecule has 2 rings (SSSR count). The number of hydrogen-bond acceptors (Lipinski definition) is 4. The Morgan fingerprint density at radius 2 is 2.24 bits per heavy atom. The standard InChI is InChI=1S/C14H21N3O4/c1-20-9-10-4-5-12(10)17-13(18)8-16-14(19)15-7-11-3-2-6-21-11/h2-3,6,10,12H,4-5,7-9H2,1H3,(H,17,18)(H2,15,16,19)/t10-,12-/m1/s1. The van der Waals surface area contributed by atoms with Gasteiger partial charge in [-0.15, -0.1) is 0 Å². The van der Waals surface area contributed by atoms with E-state index in [0.29, 0.717) is 24.8 Å². The molecular weight excluding hydrogens is 274 g/mol. The first-order chi connectivity index (χ1) is 10.2. The van der Waals surface area contributed by atoms with Gasteiger partial charge in [0, 0.05) is 19.1 Å². The van der Waals surface area contributed by atoms with Gasteiger partial charge in [-0.25, -0.2) is 4.79 Å². The topological polar surface area (TPSA) is 92.6 Å². The van der Waals surface area contributed by atoms with Gasteiger partial charge in [-0.3, -0.25) is 4.79 Å². The van der Waals surface area contributed by atoms with Crippen molar-refractivity contribution in [3.05, 3.63) is 24.2 Å². The number of nitrogens with one attached hydrogen (secondary N) is 3. The maximum atomic E-state index is 11.7. The molecule has 21 heavy (non-hydrogen) atoms. The Labute approximate surface area is 123 Å². The molecule has 1 aromatic rings. The summed E-state index contributed by atoms with van der Waals surface area (Å²) in [4.78, 5) is 23.2. The van der Waals surface area contributed by atoms with Crippen LogP contribution in [0.5, 0.6) is 0 Å². The molecule has 0 saturated heterocycles. The van der Waals surface area contributed by atoms with Gasteiger partial charge in [0.15, 0.2) is 0 Å². The summed E-state index contributed by atoms with van der Waals surface area (Å²) in [5.74, 6) is 0.854. The summed E-state index contributed by atoms with van der Waals surface area (Å²) in [5, 5.41) is 8.01. The zero-order valence-corrected chi connectivity index (χ0v) is 12.1. The summed E-state index contributed by atoms with van der Waals surface area (Å²) in [7, 11) is 1.65. The van der Waals surface area contributed by atoms with Crippen LogP contribution in [0.4, 0.5) is 4.79 Å². The largest absolute Gasteiger partial charge is 0.467 e. The predicted molar refractivity (Wildman–Crippen MR) is 75.5 cm³/mol. The van der Waals surface area contributed by atoms with E-state index in [1.165, 1.54) is 6.26 Å². The molecule has 1 aliphatic rings. The molecule has 0 unspecified atom stereocenters. The summed E-state index contributed by atoms with van der Waals surface area (Å²) in [6.07, 6.45) is 3.57. The Hall–Kier alpha value is -2.02. The van der Waals surface area contributed by atoms with E-state index in [0.717, 1.165) is 12.8 Å². The number of urea groups is 1. The molecule has 3 amide bonds. The van der Waals surface area contributed by atoms with Gasteiger partial charge < -0.3 is 25.1 Å². The van der Waals surface area contributed by atoms with Gasteiger partial charge in [-0.1, -0.05) is 0 Å². The molecule has 0 radical (unpaired) electrons. The first kappa shape index (κ1) is 15.4. The third kappa shape index (κ3) is 4.78. The zero-order chi connectivity index (χ0) is 15.1. The average Bonchev–Trinajstić information content (AvgIpc) is 2.98. The lowest BCUT2D eigenvalue weighted by molar-refractivity contribution is -0.122. The van der Waals surface area contributed by atoms with Crippen molar-refractivity contribution in [1.82, 2.24) is 16.0 Å². The molecule has 116 valence electrons. The van der Waals surface area contributed by atoms with Crippen LogP contribution in [0.25, 0.3) is 0 Å². The van der Waals surface area contributed by atoms with Crippen molar-refractivity contribution in [3.63, 3.8) is 0 Å². The molecule has 7 heteroatoms. The van der Waals surface area contributed by atoms with Crippen LogP contribution in [0, 0.1) is 5.92 Å². The van der Waals surface area contributed by atoms with Crippen LogP contribution >= 0.6 is 0 Å². The van der Waals surface area contributed by atoms with Gasteiger partial charge in [-0.2, -0.15) is 0 Å². The monoisotopic (exact) mass is 295 g/mol. The van der Waals surface area contributed by atoms with Crippen LogP contribution in [0.2, 0.25) is 0 Å². The molecule has 0 aliphatic heterocycles. The lowest BCUT2D eigenvalue weighted by Gasteiger charge is -2.36. The average molecular weight is 295 g/mol. The summed E-state index contributed by atoms with van der Waals surface area (Å²) in [6.45, 7) is 0.904. The lowest BCUT2D eigenvalue weighted by Crippen LogP contribution is -2.51. The molecule has 3 N–H and O–H groups in total. The summed E-state index contributed by atoms with van der Waals surface area (Å²) >= 11 is 0. The van der Waals surface area contributed by atoms with Crippen molar-refractivity contribution < 1.29 is 18.7 Å². The zero-order valence-electron chi connectivity index (χ0n) is 12.1. The van der Waals surface area contributed by atoms with Crippen LogP contribution in [0.3, 0.4) is 0 Å². The summed E-state index contributed by atoms with van der Waals surface area (Å²) < 4.78 is 10.2. The Balaban J connectivity index is 1.59. The number of amides is 3. The number of carbonyl (C=O) groups is 2. The minimum Gasteiger partial charge on any atom is -0.467 e. The number of rotatable bonds is 7.